The zero-order valence-electron chi connectivity index (χ0n) is 21.1. The molecular formula is C29H36N4O2. The molecule has 2 aliphatic rings. The van der Waals surface area contributed by atoms with Crippen LogP contribution in [0, 0.1) is 6.92 Å². The van der Waals surface area contributed by atoms with Crippen LogP contribution in [0.1, 0.15) is 67.4 Å². The third kappa shape index (κ3) is 5.47. The van der Waals surface area contributed by atoms with Gasteiger partial charge in [-0.05, 0) is 79.6 Å². The molecule has 2 N–H and O–H groups in total. The quantitative estimate of drug-likeness (QED) is 0.592. The first-order valence-corrected chi connectivity index (χ1v) is 12.8. The topological polar surface area (TPSA) is 79.0 Å². The van der Waals surface area contributed by atoms with Gasteiger partial charge in [-0.15, -0.1) is 0 Å². The first-order chi connectivity index (χ1) is 16.9. The van der Waals surface area contributed by atoms with Crippen molar-refractivity contribution in [2.24, 2.45) is 10.7 Å². The number of carbonyl (C=O) groups is 2. The lowest BCUT2D eigenvalue weighted by atomic mass is 9.95. The van der Waals surface area contributed by atoms with Crippen LogP contribution in [0.5, 0.6) is 0 Å². The van der Waals surface area contributed by atoms with Crippen molar-refractivity contribution >= 4 is 29.4 Å². The van der Waals surface area contributed by atoms with Crippen LogP contribution in [0.4, 0.5) is 5.69 Å². The van der Waals surface area contributed by atoms with Crippen LogP contribution in [0.2, 0.25) is 0 Å². The lowest BCUT2D eigenvalue weighted by Gasteiger charge is -2.22. The highest BCUT2D eigenvalue weighted by molar-refractivity contribution is 6.05. The Bertz CT molecular complexity index is 1150. The largest absolute Gasteiger partial charge is 0.387 e. The second-order valence-corrected chi connectivity index (χ2v) is 9.54. The van der Waals surface area contributed by atoms with Gasteiger partial charge in [0.2, 0.25) is 5.91 Å². The molecule has 0 atom stereocenters. The summed E-state index contributed by atoms with van der Waals surface area (Å²) in [7, 11) is 0. The number of aryl methyl sites for hydroxylation is 1. The summed E-state index contributed by atoms with van der Waals surface area (Å²) >= 11 is 0. The molecule has 0 aromatic heterocycles. The SMILES string of the molecule is CCCN(CCC)C(=O)C1=Cc2cc(C)c(-c3ccc(C(=O)N4CCCC4)cc3)cc2N=C(N)C1. The monoisotopic (exact) mass is 472 g/mol. The van der Waals surface area contributed by atoms with Crippen molar-refractivity contribution in [3.63, 3.8) is 0 Å². The fraction of sp³-hybridized carbons (Fsp3) is 0.414. The fourth-order valence-electron chi connectivity index (χ4n) is 4.96. The van der Waals surface area contributed by atoms with Gasteiger partial charge in [-0.2, -0.15) is 0 Å². The second kappa shape index (κ2) is 10.9. The molecule has 2 aromatic rings. The van der Waals surface area contributed by atoms with E-state index in [2.05, 4.69) is 31.8 Å². The Morgan fingerprint density at radius 1 is 1.03 bits per heavy atom. The summed E-state index contributed by atoms with van der Waals surface area (Å²) in [5.41, 5.74) is 12.5. The van der Waals surface area contributed by atoms with E-state index in [4.69, 9.17) is 5.73 Å². The first-order valence-electron chi connectivity index (χ1n) is 12.8. The van der Waals surface area contributed by atoms with Crippen LogP contribution < -0.4 is 5.73 Å². The summed E-state index contributed by atoms with van der Waals surface area (Å²) in [5, 5.41) is 0. The van der Waals surface area contributed by atoms with E-state index < -0.39 is 0 Å². The minimum atomic E-state index is 0.0414. The van der Waals surface area contributed by atoms with Gasteiger partial charge >= 0.3 is 0 Å². The summed E-state index contributed by atoms with van der Waals surface area (Å²) < 4.78 is 0. The number of rotatable bonds is 7. The average Bonchev–Trinajstić information content (AvgIpc) is 3.34. The molecule has 2 amide bonds. The number of amides is 2. The summed E-state index contributed by atoms with van der Waals surface area (Å²) in [6.07, 6.45) is 6.30. The van der Waals surface area contributed by atoms with Crippen molar-refractivity contribution in [1.29, 1.82) is 0 Å². The van der Waals surface area contributed by atoms with E-state index in [-0.39, 0.29) is 11.8 Å². The zero-order chi connectivity index (χ0) is 24.9. The molecule has 2 aromatic carbocycles. The molecule has 6 heteroatoms. The first kappa shape index (κ1) is 24.7. The number of aliphatic imine (C=N–C) groups is 1. The molecule has 0 bridgehead atoms. The van der Waals surface area contributed by atoms with Gasteiger partial charge in [-0.25, -0.2) is 4.99 Å². The molecule has 6 nitrogen and oxygen atoms in total. The Morgan fingerprint density at radius 3 is 2.31 bits per heavy atom. The number of nitrogens with zero attached hydrogens (tertiary/aromatic N) is 3. The van der Waals surface area contributed by atoms with Crippen LogP contribution in [-0.2, 0) is 4.79 Å². The Kier molecular flexibility index (Phi) is 7.69. The maximum atomic E-state index is 13.3. The average molecular weight is 473 g/mol. The number of hydrogen-bond acceptors (Lipinski definition) is 4. The summed E-state index contributed by atoms with van der Waals surface area (Å²) in [6, 6.07) is 11.9. The summed E-state index contributed by atoms with van der Waals surface area (Å²) in [4.78, 5) is 34.5. The van der Waals surface area contributed by atoms with Crippen LogP contribution in [0.15, 0.2) is 47.0 Å². The predicted octanol–water partition coefficient (Wildman–Crippen LogP) is 5.32. The highest BCUT2D eigenvalue weighted by atomic mass is 16.2. The number of carbonyl (C=O) groups excluding carboxylic acids is 2. The fourth-order valence-corrected chi connectivity index (χ4v) is 4.96. The van der Waals surface area contributed by atoms with Crippen molar-refractivity contribution in [2.45, 2.75) is 52.9 Å². The lowest BCUT2D eigenvalue weighted by Crippen LogP contribution is -2.34. The van der Waals surface area contributed by atoms with E-state index >= 15 is 0 Å². The molecule has 184 valence electrons. The molecule has 0 saturated carbocycles. The van der Waals surface area contributed by atoms with Gasteiger partial charge in [-0.1, -0.05) is 26.0 Å². The van der Waals surface area contributed by atoms with Gasteiger partial charge in [0.15, 0.2) is 0 Å². The minimum absolute atomic E-state index is 0.0414. The standard InChI is InChI=1S/C29H36N4O2/c1-4-12-32(13-5-2)29(35)24-17-23-16-20(3)25(19-26(23)31-27(30)18-24)21-8-10-22(11-9-21)28(34)33-14-6-7-15-33/h8-11,16-17,19H,4-7,12-15,18H2,1-3H3,(H2,30,31). The molecule has 1 fully saturated rings. The molecule has 0 radical (unpaired) electrons. The van der Waals surface area contributed by atoms with Gasteiger partial charge < -0.3 is 15.5 Å². The van der Waals surface area contributed by atoms with Crippen LogP contribution in [0.3, 0.4) is 0 Å². The Balaban J connectivity index is 1.64. The minimum Gasteiger partial charge on any atom is -0.387 e. The van der Waals surface area contributed by atoms with Crippen molar-refractivity contribution in [2.75, 3.05) is 26.2 Å². The van der Waals surface area contributed by atoms with Crippen molar-refractivity contribution in [1.82, 2.24) is 9.80 Å². The molecule has 1 saturated heterocycles. The van der Waals surface area contributed by atoms with Crippen LogP contribution >= 0.6 is 0 Å². The maximum Gasteiger partial charge on any atom is 0.253 e. The van der Waals surface area contributed by atoms with E-state index in [9.17, 15) is 9.59 Å². The third-order valence-electron chi connectivity index (χ3n) is 6.72. The number of likely N-dealkylation sites (tertiary alicyclic amines) is 1. The van der Waals surface area contributed by atoms with E-state index in [0.29, 0.717) is 17.8 Å². The molecule has 2 aliphatic heterocycles. The smallest absolute Gasteiger partial charge is 0.253 e. The maximum absolute atomic E-state index is 13.3. The van der Waals surface area contributed by atoms with Gasteiger partial charge in [0.05, 0.1) is 5.69 Å². The molecule has 2 heterocycles. The van der Waals surface area contributed by atoms with Crippen molar-refractivity contribution < 1.29 is 9.59 Å². The molecule has 4 rings (SSSR count). The van der Waals surface area contributed by atoms with Gasteiger partial charge in [0.25, 0.3) is 5.91 Å². The van der Waals surface area contributed by atoms with Gasteiger partial charge in [0, 0.05) is 49.3 Å². The molecule has 0 unspecified atom stereocenters. The highest BCUT2D eigenvalue weighted by Crippen LogP contribution is 2.35. The molecule has 0 aliphatic carbocycles. The predicted molar refractivity (Wildman–Crippen MR) is 143 cm³/mol. The Labute approximate surface area is 208 Å². The van der Waals surface area contributed by atoms with E-state index in [1.165, 1.54) is 0 Å². The van der Waals surface area contributed by atoms with E-state index in [1.807, 2.05) is 46.2 Å². The van der Waals surface area contributed by atoms with Gasteiger partial charge in [0.1, 0.15) is 5.84 Å². The number of fused-ring (bicyclic) bond motifs is 1. The molecular weight excluding hydrogens is 436 g/mol. The number of benzene rings is 2. The van der Waals surface area contributed by atoms with Crippen LogP contribution in [0.25, 0.3) is 17.2 Å². The Morgan fingerprint density at radius 2 is 1.69 bits per heavy atom. The molecule has 0 spiro atoms. The number of nitrogens with two attached hydrogens (primary N) is 1. The zero-order valence-corrected chi connectivity index (χ0v) is 21.1. The highest BCUT2D eigenvalue weighted by Gasteiger charge is 2.22. The number of hydrogen-bond donors (Lipinski definition) is 1. The Hall–Kier alpha value is -3.41. The summed E-state index contributed by atoms with van der Waals surface area (Å²) in [5.74, 6) is 0.588. The molecule has 35 heavy (non-hydrogen) atoms. The normalized spacial score (nSPS) is 15.2. The van der Waals surface area contributed by atoms with Gasteiger partial charge in [-0.3, -0.25) is 9.59 Å². The van der Waals surface area contributed by atoms with Crippen molar-refractivity contribution in [3.8, 4) is 11.1 Å². The van der Waals surface area contributed by atoms with Crippen LogP contribution in [-0.4, -0.2) is 53.6 Å². The summed E-state index contributed by atoms with van der Waals surface area (Å²) in [6.45, 7) is 9.40. The second-order valence-electron chi connectivity index (χ2n) is 9.54. The van der Waals surface area contributed by atoms with E-state index in [1.54, 1.807) is 0 Å². The number of amidine groups is 1. The third-order valence-corrected chi connectivity index (χ3v) is 6.72. The van der Waals surface area contributed by atoms with E-state index in [0.717, 1.165) is 85.4 Å². The lowest BCUT2D eigenvalue weighted by molar-refractivity contribution is -0.127. The van der Waals surface area contributed by atoms with Crippen molar-refractivity contribution in [3.05, 3.63) is 58.7 Å².